The van der Waals surface area contributed by atoms with E-state index in [0.717, 1.165) is 18.2 Å². The van der Waals surface area contributed by atoms with Crippen LogP contribution in [-0.2, 0) is 18.6 Å². The van der Waals surface area contributed by atoms with Crippen molar-refractivity contribution in [3.05, 3.63) is 11.6 Å². The number of rotatable bonds is 3. The summed E-state index contributed by atoms with van der Waals surface area (Å²) in [5.41, 5.74) is -0.0639. The van der Waals surface area contributed by atoms with Crippen LogP contribution in [-0.4, -0.2) is 19.9 Å². The molecule has 0 bridgehead atoms. The first-order valence-electron chi connectivity index (χ1n) is 7.07. The summed E-state index contributed by atoms with van der Waals surface area (Å²) < 4.78 is 2.11. The van der Waals surface area contributed by atoms with Crippen molar-refractivity contribution in [1.82, 2.24) is 14.8 Å². The molecule has 0 amide bonds. The van der Waals surface area contributed by atoms with Gasteiger partial charge in [0.2, 0.25) is 0 Å². The lowest BCUT2D eigenvalue weighted by molar-refractivity contribution is 0.245. The zero-order valence-electron chi connectivity index (χ0n) is 11.8. The van der Waals surface area contributed by atoms with Gasteiger partial charge in [-0.3, -0.25) is 0 Å². The van der Waals surface area contributed by atoms with E-state index in [1.165, 1.54) is 32.1 Å². The molecule has 0 spiro atoms. The van der Waals surface area contributed by atoms with Crippen molar-refractivity contribution < 1.29 is 5.11 Å². The lowest BCUT2D eigenvalue weighted by atomic mass is 9.86. The van der Waals surface area contributed by atoms with E-state index < -0.39 is 0 Å². The number of hydrogen-bond acceptors (Lipinski definition) is 3. The Bertz CT molecular complexity index is 386. The number of hydrogen-bond donors (Lipinski definition) is 1. The molecule has 2 rings (SSSR count). The molecule has 0 saturated heterocycles. The van der Waals surface area contributed by atoms with Gasteiger partial charge in [0, 0.05) is 12.0 Å². The Balaban J connectivity index is 2.19. The summed E-state index contributed by atoms with van der Waals surface area (Å²) in [5.74, 6) is 2.47. The largest absolute Gasteiger partial charge is 0.388 e. The van der Waals surface area contributed by atoms with E-state index >= 15 is 0 Å². The van der Waals surface area contributed by atoms with Gasteiger partial charge in [0.25, 0.3) is 0 Å². The molecule has 0 atom stereocenters. The molecule has 0 unspecified atom stereocenters. The molecule has 102 valence electrons. The van der Waals surface area contributed by atoms with Crippen LogP contribution >= 0.6 is 0 Å². The maximum atomic E-state index is 9.38. The van der Waals surface area contributed by atoms with Gasteiger partial charge < -0.3 is 9.67 Å². The molecule has 1 aliphatic rings. The highest BCUT2D eigenvalue weighted by Crippen LogP contribution is 2.28. The van der Waals surface area contributed by atoms with Crippen molar-refractivity contribution in [3.63, 3.8) is 0 Å². The molecule has 4 nitrogen and oxygen atoms in total. The molecule has 1 aromatic heterocycles. The third-order valence-corrected chi connectivity index (χ3v) is 3.81. The molecule has 4 heteroatoms. The Morgan fingerprint density at radius 2 is 1.72 bits per heavy atom. The number of aromatic nitrogens is 3. The van der Waals surface area contributed by atoms with Crippen LogP contribution in [0.3, 0.4) is 0 Å². The summed E-state index contributed by atoms with van der Waals surface area (Å²) in [6.07, 6.45) is 7.70. The molecule has 1 heterocycles. The minimum atomic E-state index is -0.0639. The number of nitrogens with zero attached hydrogens (tertiary/aromatic N) is 3. The Hall–Kier alpha value is -0.900. The Kier molecular flexibility index (Phi) is 4.05. The molecule has 1 fully saturated rings. The van der Waals surface area contributed by atoms with Crippen LogP contribution in [0.4, 0.5) is 0 Å². The van der Waals surface area contributed by atoms with Gasteiger partial charge in [-0.15, -0.1) is 10.2 Å². The van der Waals surface area contributed by atoms with Gasteiger partial charge >= 0.3 is 0 Å². The van der Waals surface area contributed by atoms with Gasteiger partial charge in [0.15, 0.2) is 5.82 Å². The summed E-state index contributed by atoms with van der Waals surface area (Å²) >= 11 is 0. The third-order valence-electron chi connectivity index (χ3n) is 3.81. The fourth-order valence-corrected chi connectivity index (χ4v) is 3.01. The molecule has 0 aromatic carbocycles. The van der Waals surface area contributed by atoms with Crippen LogP contribution in [0.2, 0.25) is 0 Å². The molecule has 1 aromatic rings. The Morgan fingerprint density at radius 1 is 1.11 bits per heavy atom. The third kappa shape index (κ3) is 2.91. The maximum Gasteiger partial charge on any atom is 0.159 e. The number of aliphatic hydroxyl groups is 1. The number of aliphatic hydroxyl groups excluding tert-OH is 1. The second kappa shape index (κ2) is 5.39. The minimum Gasteiger partial charge on any atom is -0.388 e. The monoisotopic (exact) mass is 251 g/mol. The molecular formula is C14H25N3O. The summed E-state index contributed by atoms with van der Waals surface area (Å²) in [5, 5.41) is 17.8. The van der Waals surface area contributed by atoms with E-state index in [-0.39, 0.29) is 12.1 Å². The maximum absolute atomic E-state index is 9.38. The van der Waals surface area contributed by atoms with E-state index in [1.54, 1.807) is 0 Å². The Morgan fingerprint density at radius 3 is 2.28 bits per heavy atom. The topological polar surface area (TPSA) is 50.9 Å². The van der Waals surface area contributed by atoms with E-state index in [4.69, 9.17) is 0 Å². The highest BCUT2D eigenvalue weighted by atomic mass is 16.3. The average Bonchev–Trinajstić information content (AvgIpc) is 2.73. The van der Waals surface area contributed by atoms with Crippen LogP contribution in [0.25, 0.3) is 0 Å². The quantitative estimate of drug-likeness (QED) is 0.898. The van der Waals surface area contributed by atoms with Gasteiger partial charge in [0.05, 0.1) is 0 Å². The normalized spacial score (nSPS) is 18.2. The standard InChI is InChI=1S/C14H25N3O/c1-14(2,3)17-12(15-16-13(17)10-18)9-11-7-5-4-6-8-11/h11,18H,4-10H2,1-3H3. The zero-order chi connectivity index (χ0) is 13.2. The predicted octanol–water partition coefficient (Wildman–Crippen LogP) is 2.65. The lowest BCUT2D eigenvalue weighted by Gasteiger charge is -2.27. The van der Waals surface area contributed by atoms with Gasteiger partial charge in [-0.2, -0.15) is 0 Å². The van der Waals surface area contributed by atoms with E-state index in [9.17, 15) is 5.11 Å². The minimum absolute atomic E-state index is 0.0328. The molecular weight excluding hydrogens is 226 g/mol. The molecule has 1 N–H and O–H groups in total. The summed E-state index contributed by atoms with van der Waals surface area (Å²) in [7, 11) is 0. The fourth-order valence-electron chi connectivity index (χ4n) is 3.01. The predicted molar refractivity (Wildman–Crippen MR) is 71.2 cm³/mol. The first-order valence-corrected chi connectivity index (χ1v) is 7.07. The molecule has 18 heavy (non-hydrogen) atoms. The first kappa shape index (κ1) is 13.5. The SMILES string of the molecule is CC(C)(C)n1c(CO)nnc1CC1CCCCC1. The van der Waals surface area contributed by atoms with Crippen molar-refractivity contribution in [2.45, 2.75) is 71.4 Å². The van der Waals surface area contributed by atoms with Crippen molar-refractivity contribution >= 4 is 0 Å². The fraction of sp³-hybridized carbons (Fsp3) is 0.857. The molecule has 0 aliphatic heterocycles. The van der Waals surface area contributed by atoms with Crippen molar-refractivity contribution in [3.8, 4) is 0 Å². The van der Waals surface area contributed by atoms with E-state index in [2.05, 4.69) is 35.5 Å². The van der Waals surface area contributed by atoms with Crippen molar-refractivity contribution in [1.29, 1.82) is 0 Å². The second-order valence-corrected chi connectivity index (χ2v) is 6.40. The van der Waals surface area contributed by atoms with Crippen LogP contribution in [0.1, 0.15) is 64.5 Å². The summed E-state index contributed by atoms with van der Waals surface area (Å²) in [4.78, 5) is 0. The average molecular weight is 251 g/mol. The van der Waals surface area contributed by atoms with E-state index in [1.807, 2.05) is 0 Å². The summed E-state index contributed by atoms with van der Waals surface area (Å²) in [6, 6.07) is 0. The Labute approximate surface area is 109 Å². The molecule has 0 radical (unpaired) electrons. The molecule has 1 aliphatic carbocycles. The molecule has 1 saturated carbocycles. The first-order chi connectivity index (χ1) is 8.52. The van der Waals surface area contributed by atoms with Crippen LogP contribution < -0.4 is 0 Å². The van der Waals surface area contributed by atoms with Crippen molar-refractivity contribution in [2.24, 2.45) is 5.92 Å². The van der Waals surface area contributed by atoms with Crippen LogP contribution in [0.5, 0.6) is 0 Å². The summed E-state index contributed by atoms with van der Waals surface area (Å²) in [6.45, 7) is 6.38. The van der Waals surface area contributed by atoms with Crippen LogP contribution in [0.15, 0.2) is 0 Å². The highest BCUT2D eigenvalue weighted by Gasteiger charge is 2.25. The highest BCUT2D eigenvalue weighted by molar-refractivity contribution is 5.01. The van der Waals surface area contributed by atoms with Crippen molar-refractivity contribution in [2.75, 3.05) is 0 Å². The van der Waals surface area contributed by atoms with Crippen LogP contribution in [0, 0.1) is 5.92 Å². The smallest absolute Gasteiger partial charge is 0.159 e. The van der Waals surface area contributed by atoms with E-state index in [0.29, 0.717) is 5.82 Å². The zero-order valence-corrected chi connectivity index (χ0v) is 11.8. The van der Waals surface area contributed by atoms with Gasteiger partial charge in [-0.1, -0.05) is 32.1 Å². The van der Waals surface area contributed by atoms with Gasteiger partial charge in [-0.25, -0.2) is 0 Å². The van der Waals surface area contributed by atoms with Gasteiger partial charge in [0.1, 0.15) is 12.4 Å². The lowest BCUT2D eigenvalue weighted by Crippen LogP contribution is -2.27. The second-order valence-electron chi connectivity index (χ2n) is 6.40. The van der Waals surface area contributed by atoms with Gasteiger partial charge in [-0.05, 0) is 26.7 Å².